The van der Waals surface area contributed by atoms with Crippen LogP contribution in [0.4, 0.5) is 0 Å². The molecule has 2 aromatic rings. The molecule has 0 atom stereocenters. The van der Waals surface area contributed by atoms with Crippen molar-refractivity contribution in [1.82, 2.24) is 4.90 Å². The van der Waals surface area contributed by atoms with E-state index >= 15 is 0 Å². The molecule has 0 fully saturated rings. The molecule has 25 heavy (non-hydrogen) atoms. The maximum Gasteiger partial charge on any atom is 0.227 e. The van der Waals surface area contributed by atoms with E-state index in [-0.39, 0.29) is 18.3 Å². The van der Waals surface area contributed by atoms with Gasteiger partial charge >= 0.3 is 0 Å². The molecule has 2 aromatic carbocycles. The number of carbonyl (C=O) groups is 1. The smallest absolute Gasteiger partial charge is 0.227 e. The van der Waals surface area contributed by atoms with Gasteiger partial charge in [-0.05, 0) is 30.2 Å². The fourth-order valence-corrected chi connectivity index (χ4v) is 2.99. The van der Waals surface area contributed by atoms with E-state index in [9.17, 15) is 4.79 Å². The lowest BCUT2D eigenvalue weighted by atomic mass is 10.1. The Morgan fingerprint density at radius 3 is 2.52 bits per heavy atom. The van der Waals surface area contributed by atoms with E-state index in [0.717, 1.165) is 22.2 Å². The number of rotatable bonds is 8. The third-order valence-corrected chi connectivity index (χ3v) is 4.34. The van der Waals surface area contributed by atoms with Crippen molar-refractivity contribution in [3.8, 4) is 5.75 Å². The van der Waals surface area contributed by atoms with Crippen LogP contribution in [0.1, 0.15) is 11.1 Å². The first-order chi connectivity index (χ1) is 11.6. The first-order valence-electron chi connectivity index (χ1n) is 7.98. The zero-order valence-corrected chi connectivity index (χ0v) is 16.7. The molecule has 0 spiro atoms. The number of benzene rings is 2. The van der Waals surface area contributed by atoms with E-state index in [1.54, 1.807) is 7.11 Å². The molecular formula is C19H24BrClN2O2. The highest BCUT2D eigenvalue weighted by Gasteiger charge is 2.16. The van der Waals surface area contributed by atoms with Crippen molar-refractivity contribution in [3.05, 3.63) is 64.1 Å². The van der Waals surface area contributed by atoms with E-state index in [2.05, 4.69) is 28.1 Å². The van der Waals surface area contributed by atoms with Gasteiger partial charge in [-0.25, -0.2) is 0 Å². The second-order valence-corrected chi connectivity index (χ2v) is 6.45. The Hall–Kier alpha value is -1.56. The van der Waals surface area contributed by atoms with Crippen LogP contribution < -0.4 is 10.5 Å². The topological polar surface area (TPSA) is 55.6 Å². The largest absolute Gasteiger partial charge is 0.496 e. The highest BCUT2D eigenvalue weighted by molar-refractivity contribution is 9.10. The molecule has 1 amide bonds. The van der Waals surface area contributed by atoms with Gasteiger partial charge in [-0.15, -0.1) is 12.4 Å². The maximum absolute atomic E-state index is 12.7. The lowest BCUT2D eigenvalue weighted by molar-refractivity contribution is -0.130. The van der Waals surface area contributed by atoms with E-state index in [1.165, 1.54) is 5.56 Å². The standard InChI is InChI=1S/C19H23BrN2O2.ClH/c1-24-18-8-7-17(20)13-16(18)14-19(23)22(12-10-21)11-9-15-5-3-2-4-6-15;/h2-8,13H,9-12,14,21H2,1H3;1H. The lowest BCUT2D eigenvalue weighted by Gasteiger charge is -2.22. The molecule has 0 aromatic heterocycles. The summed E-state index contributed by atoms with van der Waals surface area (Å²) < 4.78 is 6.29. The number of amides is 1. The molecule has 0 aliphatic carbocycles. The third kappa shape index (κ3) is 6.69. The highest BCUT2D eigenvalue weighted by atomic mass is 79.9. The molecular weight excluding hydrogens is 404 g/mol. The fraction of sp³-hybridized carbons (Fsp3) is 0.316. The van der Waals surface area contributed by atoms with E-state index in [1.807, 2.05) is 41.3 Å². The van der Waals surface area contributed by atoms with Crippen LogP contribution in [0.2, 0.25) is 0 Å². The van der Waals surface area contributed by atoms with Gasteiger partial charge in [0.1, 0.15) is 5.75 Å². The quantitative estimate of drug-likeness (QED) is 0.702. The molecule has 0 saturated carbocycles. The number of nitrogens with zero attached hydrogens (tertiary/aromatic N) is 1. The maximum atomic E-state index is 12.7. The van der Waals surface area contributed by atoms with E-state index < -0.39 is 0 Å². The average Bonchev–Trinajstić information content (AvgIpc) is 2.59. The predicted octanol–water partition coefficient (Wildman–Crippen LogP) is 3.45. The summed E-state index contributed by atoms with van der Waals surface area (Å²) in [5.41, 5.74) is 7.77. The van der Waals surface area contributed by atoms with Gasteiger partial charge in [0.2, 0.25) is 5.91 Å². The predicted molar refractivity (Wildman–Crippen MR) is 107 cm³/mol. The number of nitrogens with two attached hydrogens (primary N) is 1. The summed E-state index contributed by atoms with van der Waals surface area (Å²) in [6.07, 6.45) is 1.12. The minimum atomic E-state index is 0. The number of halogens is 2. The summed E-state index contributed by atoms with van der Waals surface area (Å²) in [5.74, 6) is 0.787. The van der Waals surface area contributed by atoms with Crippen molar-refractivity contribution in [3.63, 3.8) is 0 Å². The van der Waals surface area contributed by atoms with Crippen LogP contribution in [0.5, 0.6) is 5.75 Å². The summed E-state index contributed by atoms with van der Waals surface area (Å²) in [5, 5.41) is 0. The molecule has 0 unspecified atom stereocenters. The Labute approximate surface area is 163 Å². The minimum Gasteiger partial charge on any atom is -0.496 e. The molecule has 2 N–H and O–H groups in total. The van der Waals surface area contributed by atoms with Gasteiger partial charge in [-0.3, -0.25) is 4.79 Å². The lowest BCUT2D eigenvalue weighted by Crippen LogP contribution is -2.37. The van der Waals surface area contributed by atoms with Gasteiger partial charge in [-0.1, -0.05) is 46.3 Å². The molecule has 0 radical (unpaired) electrons. The summed E-state index contributed by atoms with van der Waals surface area (Å²) in [7, 11) is 1.62. The van der Waals surface area contributed by atoms with Gasteiger partial charge in [-0.2, -0.15) is 0 Å². The van der Waals surface area contributed by atoms with Crippen LogP contribution in [0.15, 0.2) is 53.0 Å². The summed E-state index contributed by atoms with van der Waals surface area (Å²) in [6.45, 7) is 1.68. The van der Waals surface area contributed by atoms with E-state index in [4.69, 9.17) is 10.5 Å². The Morgan fingerprint density at radius 1 is 1.16 bits per heavy atom. The van der Waals surface area contributed by atoms with Crippen molar-refractivity contribution < 1.29 is 9.53 Å². The fourth-order valence-electron chi connectivity index (χ4n) is 2.59. The summed E-state index contributed by atoms with van der Waals surface area (Å²) in [6, 6.07) is 15.8. The Balaban J connectivity index is 0.00000312. The van der Waals surface area contributed by atoms with Crippen molar-refractivity contribution in [2.45, 2.75) is 12.8 Å². The molecule has 0 saturated heterocycles. The number of hydrogen-bond acceptors (Lipinski definition) is 3. The Kier molecular flexibility index (Phi) is 9.57. The van der Waals surface area contributed by atoms with E-state index in [0.29, 0.717) is 26.1 Å². The molecule has 6 heteroatoms. The molecule has 0 aliphatic rings. The van der Waals surface area contributed by atoms with Gasteiger partial charge in [0, 0.05) is 29.7 Å². The van der Waals surface area contributed by atoms with Gasteiger partial charge in [0.15, 0.2) is 0 Å². The highest BCUT2D eigenvalue weighted by Crippen LogP contribution is 2.24. The molecule has 0 aliphatic heterocycles. The molecule has 0 heterocycles. The van der Waals surface area contributed by atoms with Crippen molar-refractivity contribution in [1.29, 1.82) is 0 Å². The summed E-state index contributed by atoms with van der Waals surface area (Å²) in [4.78, 5) is 14.5. The number of carbonyl (C=O) groups excluding carboxylic acids is 1. The monoisotopic (exact) mass is 426 g/mol. The Morgan fingerprint density at radius 2 is 1.88 bits per heavy atom. The molecule has 4 nitrogen and oxygen atoms in total. The van der Waals surface area contributed by atoms with Crippen LogP contribution >= 0.6 is 28.3 Å². The minimum absolute atomic E-state index is 0. The third-order valence-electron chi connectivity index (χ3n) is 3.85. The van der Waals surface area contributed by atoms with Crippen molar-refractivity contribution >= 4 is 34.2 Å². The van der Waals surface area contributed by atoms with Crippen molar-refractivity contribution in [2.75, 3.05) is 26.7 Å². The van der Waals surface area contributed by atoms with Crippen LogP contribution in [-0.2, 0) is 17.6 Å². The first-order valence-corrected chi connectivity index (χ1v) is 8.77. The molecule has 2 rings (SSSR count). The van der Waals surface area contributed by atoms with Gasteiger partial charge < -0.3 is 15.4 Å². The van der Waals surface area contributed by atoms with Crippen LogP contribution in [0, 0.1) is 0 Å². The summed E-state index contributed by atoms with van der Waals surface area (Å²) >= 11 is 3.44. The second kappa shape index (κ2) is 11.1. The van der Waals surface area contributed by atoms with Crippen LogP contribution in [-0.4, -0.2) is 37.6 Å². The molecule has 0 bridgehead atoms. The van der Waals surface area contributed by atoms with Crippen LogP contribution in [0.3, 0.4) is 0 Å². The Bertz CT molecular complexity index is 668. The zero-order chi connectivity index (χ0) is 17.4. The second-order valence-electron chi connectivity index (χ2n) is 5.54. The van der Waals surface area contributed by atoms with Gasteiger partial charge in [0.05, 0.1) is 13.5 Å². The van der Waals surface area contributed by atoms with Crippen LogP contribution in [0.25, 0.3) is 0 Å². The zero-order valence-electron chi connectivity index (χ0n) is 14.3. The number of methoxy groups -OCH3 is 1. The SMILES string of the molecule is COc1ccc(Br)cc1CC(=O)N(CCN)CCc1ccccc1.Cl. The normalized spacial score (nSPS) is 10.0. The first kappa shape index (κ1) is 21.5. The van der Waals surface area contributed by atoms with Crippen molar-refractivity contribution in [2.24, 2.45) is 5.73 Å². The molecule has 136 valence electrons. The number of ether oxygens (including phenoxy) is 1. The van der Waals surface area contributed by atoms with Gasteiger partial charge in [0.25, 0.3) is 0 Å². The average molecular weight is 428 g/mol. The number of hydrogen-bond donors (Lipinski definition) is 1.